The molecule has 1 saturated heterocycles. The van der Waals surface area contributed by atoms with Gasteiger partial charge in [-0.05, 0) is 11.6 Å². The number of ether oxygens (including phenoxy) is 1. The van der Waals surface area contributed by atoms with Crippen molar-refractivity contribution in [2.24, 2.45) is 11.0 Å². The minimum Gasteiger partial charge on any atom is -0.341 e. The standard InChI is InChI=1S/C11H12FIN4O3/c1-6-9(12)10(20-11(6,5-13)15-16-14)17-3-2-7(18)4-8(17)19/h2-3,6,9-10H,4-5H2,1H3/t6-,9+,10+,11+/m0/s1. The van der Waals surface area contributed by atoms with Crippen LogP contribution >= 0.6 is 22.6 Å². The van der Waals surface area contributed by atoms with Gasteiger partial charge in [0.15, 0.2) is 23.9 Å². The smallest absolute Gasteiger partial charge is 0.236 e. The van der Waals surface area contributed by atoms with Gasteiger partial charge in [-0.15, -0.1) is 0 Å². The molecular weight excluding hydrogens is 382 g/mol. The maximum atomic E-state index is 14.4. The summed E-state index contributed by atoms with van der Waals surface area (Å²) in [6, 6.07) is 0. The van der Waals surface area contributed by atoms with Crippen molar-refractivity contribution in [1.29, 1.82) is 0 Å². The predicted molar refractivity (Wildman–Crippen MR) is 75.3 cm³/mol. The average molecular weight is 394 g/mol. The third-order valence-electron chi connectivity index (χ3n) is 3.50. The Kier molecular flexibility index (Phi) is 4.31. The van der Waals surface area contributed by atoms with E-state index in [1.807, 2.05) is 22.6 Å². The molecule has 0 unspecified atom stereocenters. The SMILES string of the molecule is C[C@H]1[C@@H](F)[C@H](N2C=CC(=O)CC2=O)O[C@@]1(CI)N=[N+]=[N-]. The molecule has 0 aliphatic carbocycles. The Morgan fingerprint density at radius 2 is 2.40 bits per heavy atom. The van der Waals surface area contributed by atoms with Crippen LogP contribution in [-0.2, 0) is 14.3 Å². The van der Waals surface area contributed by atoms with E-state index in [9.17, 15) is 14.0 Å². The Hall–Kier alpha value is -1.19. The van der Waals surface area contributed by atoms with Crippen LogP contribution in [0.2, 0.25) is 0 Å². The fraction of sp³-hybridized carbons (Fsp3) is 0.636. The molecule has 0 aromatic carbocycles. The lowest BCUT2D eigenvalue weighted by Gasteiger charge is -2.29. The fourth-order valence-electron chi connectivity index (χ4n) is 2.23. The highest BCUT2D eigenvalue weighted by atomic mass is 127. The van der Waals surface area contributed by atoms with Crippen LogP contribution in [0.5, 0.6) is 0 Å². The normalized spacial score (nSPS) is 37.1. The van der Waals surface area contributed by atoms with Crippen LogP contribution in [0.25, 0.3) is 10.4 Å². The summed E-state index contributed by atoms with van der Waals surface area (Å²) in [4.78, 5) is 26.7. The number of allylic oxidation sites excluding steroid dienone is 1. The van der Waals surface area contributed by atoms with Crippen LogP contribution < -0.4 is 0 Å². The van der Waals surface area contributed by atoms with Gasteiger partial charge in [0.25, 0.3) is 0 Å². The quantitative estimate of drug-likeness (QED) is 0.183. The van der Waals surface area contributed by atoms with Gasteiger partial charge < -0.3 is 4.74 Å². The number of halogens is 2. The minimum atomic E-state index is -1.50. The van der Waals surface area contributed by atoms with Crippen molar-refractivity contribution in [1.82, 2.24) is 4.90 Å². The molecule has 2 heterocycles. The van der Waals surface area contributed by atoms with Crippen LogP contribution in [0.3, 0.4) is 0 Å². The highest BCUT2D eigenvalue weighted by Gasteiger charge is 2.55. The number of azide groups is 1. The largest absolute Gasteiger partial charge is 0.341 e. The molecule has 9 heteroatoms. The summed E-state index contributed by atoms with van der Waals surface area (Å²) in [5.74, 6) is -1.55. The van der Waals surface area contributed by atoms with E-state index in [2.05, 4.69) is 10.0 Å². The number of ketones is 1. The van der Waals surface area contributed by atoms with Crippen LogP contribution in [0.4, 0.5) is 4.39 Å². The van der Waals surface area contributed by atoms with E-state index in [-0.39, 0.29) is 16.6 Å². The summed E-state index contributed by atoms with van der Waals surface area (Å²) in [5.41, 5.74) is 7.30. The molecule has 0 N–H and O–H groups in total. The molecule has 4 atom stereocenters. The van der Waals surface area contributed by atoms with Gasteiger partial charge in [-0.3, -0.25) is 14.5 Å². The summed E-state index contributed by atoms with van der Waals surface area (Å²) in [6.07, 6.45) is -0.563. The van der Waals surface area contributed by atoms with Gasteiger partial charge in [-0.2, -0.15) is 0 Å². The Morgan fingerprint density at radius 3 is 2.95 bits per heavy atom. The lowest BCUT2D eigenvalue weighted by molar-refractivity contribution is -0.149. The lowest BCUT2D eigenvalue weighted by atomic mass is 9.97. The van der Waals surface area contributed by atoms with Gasteiger partial charge in [0, 0.05) is 21.5 Å². The second-order valence-corrected chi connectivity index (χ2v) is 5.43. The van der Waals surface area contributed by atoms with Gasteiger partial charge in [0.05, 0.1) is 6.42 Å². The molecule has 2 rings (SSSR count). The van der Waals surface area contributed by atoms with E-state index in [4.69, 9.17) is 10.3 Å². The Labute approximate surface area is 127 Å². The second kappa shape index (κ2) is 5.66. The summed E-state index contributed by atoms with van der Waals surface area (Å²) >= 11 is 1.95. The van der Waals surface area contributed by atoms with Crippen molar-refractivity contribution < 1.29 is 18.7 Å². The Morgan fingerprint density at radius 1 is 1.70 bits per heavy atom. The number of carbonyl (C=O) groups is 2. The molecule has 20 heavy (non-hydrogen) atoms. The van der Waals surface area contributed by atoms with Crippen molar-refractivity contribution in [3.8, 4) is 0 Å². The summed E-state index contributed by atoms with van der Waals surface area (Å²) < 4.78 is 20.2. The molecule has 2 aliphatic rings. The number of amides is 1. The molecule has 0 saturated carbocycles. The second-order valence-electron chi connectivity index (χ2n) is 4.67. The zero-order valence-electron chi connectivity index (χ0n) is 10.6. The van der Waals surface area contributed by atoms with Crippen LogP contribution in [-0.4, -0.2) is 39.1 Å². The summed E-state index contributed by atoms with van der Waals surface area (Å²) in [5, 5.41) is 3.57. The number of rotatable bonds is 3. The molecular formula is C11H12FIN4O3. The van der Waals surface area contributed by atoms with Crippen LogP contribution in [0.15, 0.2) is 17.4 Å². The van der Waals surface area contributed by atoms with E-state index < -0.39 is 29.9 Å². The maximum Gasteiger partial charge on any atom is 0.236 e. The first-order chi connectivity index (χ1) is 9.45. The van der Waals surface area contributed by atoms with Gasteiger partial charge in [0.1, 0.15) is 0 Å². The van der Waals surface area contributed by atoms with Crippen molar-refractivity contribution in [3.63, 3.8) is 0 Å². The number of nitrogens with zero attached hydrogens (tertiary/aromatic N) is 4. The van der Waals surface area contributed by atoms with Gasteiger partial charge in [-0.25, -0.2) is 4.39 Å². The molecule has 0 radical (unpaired) electrons. The molecule has 7 nitrogen and oxygen atoms in total. The van der Waals surface area contributed by atoms with Crippen molar-refractivity contribution in [2.45, 2.75) is 31.5 Å². The summed E-state index contributed by atoms with van der Waals surface area (Å²) in [7, 11) is 0. The summed E-state index contributed by atoms with van der Waals surface area (Å²) in [6.45, 7) is 1.57. The predicted octanol–water partition coefficient (Wildman–Crippen LogP) is 2.07. The number of hydrogen-bond donors (Lipinski definition) is 0. The number of alkyl halides is 2. The molecule has 0 aromatic rings. The van der Waals surface area contributed by atoms with Crippen LogP contribution in [0.1, 0.15) is 13.3 Å². The molecule has 1 amide bonds. The van der Waals surface area contributed by atoms with Crippen LogP contribution in [0, 0.1) is 5.92 Å². The lowest BCUT2D eigenvalue weighted by Crippen LogP contribution is -2.44. The van der Waals surface area contributed by atoms with E-state index in [0.29, 0.717) is 0 Å². The maximum absolute atomic E-state index is 14.4. The van der Waals surface area contributed by atoms with E-state index in [0.717, 1.165) is 4.90 Å². The zero-order chi connectivity index (χ0) is 14.9. The Balaban J connectivity index is 2.31. The molecule has 0 spiro atoms. The fourth-order valence-corrected chi connectivity index (χ4v) is 3.26. The monoisotopic (exact) mass is 394 g/mol. The molecule has 1 fully saturated rings. The Bertz CT molecular complexity index is 522. The number of carbonyl (C=O) groups excluding carboxylic acids is 2. The first-order valence-electron chi connectivity index (χ1n) is 5.91. The van der Waals surface area contributed by atoms with Crippen molar-refractivity contribution >= 4 is 34.3 Å². The molecule has 108 valence electrons. The first-order valence-corrected chi connectivity index (χ1v) is 7.44. The molecule has 0 aromatic heterocycles. The van der Waals surface area contributed by atoms with Gasteiger partial charge in [-0.1, -0.05) is 34.6 Å². The highest BCUT2D eigenvalue weighted by molar-refractivity contribution is 14.1. The van der Waals surface area contributed by atoms with E-state index in [1.54, 1.807) is 6.92 Å². The first kappa shape index (κ1) is 15.2. The van der Waals surface area contributed by atoms with Crippen molar-refractivity contribution in [2.75, 3.05) is 4.43 Å². The molecule has 0 bridgehead atoms. The average Bonchev–Trinajstić information content (AvgIpc) is 2.65. The topological polar surface area (TPSA) is 95.4 Å². The highest BCUT2D eigenvalue weighted by Crippen LogP contribution is 2.42. The van der Waals surface area contributed by atoms with Gasteiger partial charge in [0.2, 0.25) is 5.91 Å². The minimum absolute atomic E-state index is 0.261. The van der Waals surface area contributed by atoms with E-state index in [1.165, 1.54) is 12.3 Å². The number of hydrogen-bond acceptors (Lipinski definition) is 4. The third-order valence-corrected chi connectivity index (χ3v) is 4.59. The zero-order valence-corrected chi connectivity index (χ0v) is 12.7. The van der Waals surface area contributed by atoms with E-state index >= 15 is 0 Å². The van der Waals surface area contributed by atoms with Crippen molar-refractivity contribution in [3.05, 3.63) is 22.7 Å². The van der Waals surface area contributed by atoms with Gasteiger partial charge >= 0.3 is 0 Å². The molecule has 2 aliphatic heterocycles. The third kappa shape index (κ3) is 2.40.